The fraction of sp³-hybridized carbons (Fsp3) is 0.312. The molecule has 0 saturated heterocycles. The molecule has 0 aliphatic rings. The third-order valence-corrected chi connectivity index (χ3v) is 6.40. The Balaban J connectivity index is 1.18. The molecule has 0 atom stereocenters. The Morgan fingerprint density at radius 1 is 0.892 bits per heavy atom. The maximum absolute atomic E-state index is 12.0. The highest BCUT2D eigenvalue weighted by Gasteiger charge is 2.10. The second kappa shape index (κ2) is 14.0. The molecule has 1 N–H and O–H groups in total. The fourth-order valence-electron chi connectivity index (χ4n) is 4.35. The van der Waals surface area contributed by atoms with Gasteiger partial charge in [-0.25, -0.2) is 4.98 Å². The van der Waals surface area contributed by atoms with Crippen LogP contribution < -0.4 is 10.1 Å². The number of hydrogen-bond acceptors (Lipinski definition) is 3. The highest BCUT2D eigenvalue weighted by atomic mass is 16.5. The minimum absolute atomic E-state index is 0.0444. The average Bonchev–Trinajstić information content (AvgIpc) is 3.28. The van der Waals surface area contributed by atoms with Gasteiger partial charge in [0.2, 0.25) is 5.91 Å². The maximum atomic E-state index is 12.0. The zero-order chi connectivity index (χ0) is 25.7. The van der Waals surface area contributed by atoms with Gasteiger partial charge in [0.25, 0.3) is 0 Å². The van der Waals surface area contributed by atoms with Crippen LogP contribution in [0.5, 0.6) is 5.75 Å². The van der Waals surface area contributed by atoms with E-state index < -0.39 is 0 Å². The molecule has 0 spiro atoms. The largest absolute Gasteiger partial charge is 0.494 e. The van der Waals surface area contributed by atoms with Crippen molar-refractivity contribution in [1.82, 2.24) is 14.9 Å². The van der Waals surface area contributed by atoms with Crippen molar-refractivity contribution in [3.8, 4) is 5.75 Å². The Labute approximate surface area is 220 Å². The SMILES string of the molecule is Cc1ccc(OCCCCn2c(CCCCCNC(=O)/C=C/c3ccccc3)nc3ccccc32)cc1. The molecule has 5 nitrogen and oxygen atoms in total. The molecule has 0 bridgehead atoms. The van der Waals surface area contributed by atoms with Crippen LogP contribution in [-0.4, -0.2) is 28.6 Å². The topological polar surface area (TPSA) is 56.1 Å². The van der Waals surface area contributed by atoms with Crippen molar-refractivity contribution in [2.24, 2.45) is 0 Å². The smallest absolute Gasteiger partial charge is 0.243 e. The van der Waals surface area contributed by atoms with Gasteiger partial charge in [-0.3, -0.25) is 4.79 Å². The number of benzene rings is 3. The molecule has 37 heavy (non-hydrogen) atoms. The second-order valence-corrected chi connectivity index (χ2v) is 9.38. The first-order valence-corrected chi connectivity index (χ1v) is 13.3. The summed E-state index contributed by atoms with van der Waals surface area (Å²) in [4.78, 5) is 17.0. The lowest BCUT2D eigenvalue weighted by Gasteiger charge is -2.10. The lowest BCUT2D eigenvalue weighted by Crippen LogP contribution is -2.22. The summed E-state index contributed by atoms with van der Waals surface area (Å²) in [6, 6.07) is 26.5. The number of rotatable bonds is 14. The molecular formula is C32H37N3O2. The van der Waals surface area contributed by atoms with Crippen molar-refractivity contribution in [1.29, 1.82) is 0 Å². The van der Waals surface area contributed by atoms with Crippen LogP contribution in [0.25, 0.3) is 17.1 Å². The Morgan fingerprint density at radius 2 is 1.68 bits per heavy atom. The van der Waals surface area contributed by atoms with Crippen LogP contribution in [0.4, 0.5) is 0 Å². The highest BCUT2D eigenvalue weighted by Crippen LogP contribution is 2.19. The van der Waals surface area contributed by atoms with E-state index in [2.05, 4.69) is 47.1 Å². The van der Waals surface area contributed by atoms with Gasteiger partial charge in [0.1, 0.15) is 11.6 Å². The number of fused-ring (bicyclic) bond motifs is 1. The van der Waals surface area contributed by atoms with Crippen LogP contribution in [0.15, 0.2) is 84.9 Å². The molecule has 192 valence electrons. The third-order valence-electron chi connectivity index (χ3n) is 6.40. The van der Waals surface area contributed by atoms with Gasteiger partial charge in [0, 0.05) is 25.6 Å². The monoisotopic (exact) mass is 495 g/mol. The zero-order valence-electron chi connectivity index (χ0n) is 21.7. The van der Waals surface area contributed by atoms with Crippen molar-refractivity contribution < 1.29 is 9.53 Å². The summed E-state index contributed by atoms with van der Waals surface area (Å²) in [6.07, 6.45) is 9.49. The van der Waals surface area contributed by atoms with E-state index in [1.54, 1.807) is 6.08 Å². The van der Waals surface area contributed by atoms with Crippen LogP contribution in [0, 0.1) is 6.92 Å². The Hall–Kier alpha value is -3.86. The summed E-state index contributed by atoms with van der Waals surface area (Å²) in [5.41, 5.74) is 4.53. The average molecular weight is 496 g/mol. The molecule has 1 aromatic heterocycles. The molecule has 0 unspecified atom stereocenters. The Morgan fingerprint density at radius 3 is 2.51 bits per heavy atom. The number of ether oxygens (including phenoxy) is 1. The molecule has 4 aromatic rings. The van der Waals surface area contributed by atoms with Crippen molar-refractivity contribution >= 4 is 23.0 Å². The van der Waals surface area contributed by atoms with Crippen molar-refractivity contribution in [2.45, 2.75) is 52.0 Å². The summed E-state index contributed by atoms with van der Waals surface area (Å²) in [7, 11) is 0. The number of amides is 1. The molecule has 0 aliphatic carbocycles. The summed E-state index contributed by atoms with van der Waals surface area (Å²) in [5.74, 6) is 2.04. The van der Waals surface area contributed by atoms with E-state index in [9.17, 15) is 4.79 Å². The van der Waals surface area contributed by atoms with Crippen LogP contribution in [0.2, 0.25) is 0 Å². The lowest BCUT2D eigenvalue weighted by atomic mass is 10.2. The number of nitrogens with one attached hydrogen (secondary N) is 1. The summed E-state index contributed by atoms with van der Waals surface area (Å²) >= 11 is 0. The van der Waals surface area contributed by atoms with Crippen LogP contribution >= 0.6 is 0 Å². The summed E-state index contributed by atoms with van der Waals surface area (Å²) in [6.45, 7) is 4.43. The number of carbonyl (C=O) groups excluding carboxylic acids is 1. The normalized spacial score (nSPS) is 11.3. The standard InChI is InChI=1S/C32H37N3O2/c1-26-17-20-28(21-18-26)37-25-11-10-24-35-30-15-8-7-14-29(30)34-31(35)16-6-3-9-23-33-32(36)22-19-27-12-4-2-5-13-27/h2,4-5,7-8,12-15,17-22H,3,6,9-11,16,23-25H2,1H3,(H,33,36)/b22-19+. The van der Waals surface area contributed by atoms with Gasteiger partial charge >= 0.3 is 0 Å². The molecule has 5 heteroatoms. The van der Waals surface area contributed by atoms with Gasteiger partial charge in [-0.05, 0) is 68.5 Å². The number of nitrogens with zero attached hydrogens (tertiary/aromatic N) is 2. The molecular weight excluding hydrogens is 458 g/mol. The zero-order valence-corrected chi connectivity index (χ0v) is 21.7. The van der Waals surface area contributed by atoms with Gasteiger partial charge in [0.15, 0.2) is 0 Å². The first kappa shape index (κ1) is 26.2. The molecule has 1 amide bonds. The number of aryl methyl sites for hydroxylation is 3. The van der Waals surface area contributed by atoms with Crippen molar-refractivity contribution in [2.75, 3.05) is 13.2 Å². The van der Waals surface area contributed by atoms with Crippen LogP contribution in [0.3, 0.4) is 0 Å². The van der Waals surface area contributed by atoms with Crippen LogP contribution in [0.1, 0.15) is 49.1 Å². The van der Waals surface area contributed by atoms with Crippen molar-refractivity contribution in [3.05, 3.63) is 102 Å². The molecule has 0 saturated carbocycles. The van der Waals surface area contributed by atoms with E-state index >= 15 is 0 Å². The number of imidazole rings is 1. The van der Waals surface area contributed by atoms with E-state index in [1.165, 1.54) is 11.1 Å². The number of carbonyl (C=O) groups is 1. The Kier molecular flexibility index (Phi) is 9.94. The molecule has 1 heterocycles. The van der Waals surface area contributed by atoms with Gasteiger partial charge in [0.05, 0.1) is 17.6 Å². The van der Waals surface area contributed by atoms with Gasteiger partial charge in [-0.2, -0.15) is 0 Å². The third kappa shape index (κ3) is 8.35. The predicted octanol–water partition coefficient (Wildman–Crippen LogP) is 6.75. The first-order chi connectivity index (χ1) is 18.2. The molecule has 0 fully saturated rings. The number of para-hydroxylation sites is 2. The van der Waals surface area contributed by atoms with E-state index in [4.69, 9.17) is 9.72 Å². The number of hydrogen-bond donors (Lipinski definition) is 1. The fourth-order valence-corrected chi connectivity index (χ4v) is 4.35. The predicted molar refractivity (Wildman–Crippen MR) is 152 cm³/mol. The van der Waals surface area contributed by atoms with Gasteiger partial charge in [-0.1, -0.05) is 66.6 Å². The lowest BCUT2D eigenvalue weighted by molar-refractivity contribution is -0.116. The number of unbranched alkanes of at least 4 members (excludes halogenated alkanes) is 3. The number of aromatic nitrogens is 2. The van der Waals surface area contributed by atoms with E-state index in [0.29, 0.717) is 6.54 Å². The van der Waals surface area contributed by atoms with Gasteiger partial charge in [-0.15, -0.1) is 0 Å². The Bertz CT molecular complexity index is 1280. The minimum Gasteiger partial charge on any atom is -0.494 e. The van der Waals surface area contributed by atoms with E-state index in [-0.39, 0.29) is 5.91 Å². The molecule has 0 aliphatic heterocycles. The quantitative estimate of drug-likeness (QED) is 0.156. The van der Waals surface area contributed by atoms with Crippen LogP contribution in [-0.2, 0) is 17.8 Å². The molecule has 3 aromatic carbocycles. The minimum atomic E-state index is -0.0444. The summed E-state index contributed by atoms with van der Waals surface area (Å²) < 4.78 is 8.27. The molecule has 4 rings (SSSR count). The first-order valence-electron chi connectivity index (χ1n) is 13.3. The van der Waals surface area contributed by atoms with Crippen molar-refractivity contribution in [3.63, 3.8) is 0 Å². The maximum Gasteiger partial charge on any atom is 0.243 e. The molecule has 0 radical (unpaired) electrons. The van der Waals surface area contributed by atoms with E-state index in [0.717, 1.165) is 74.3 Å². The highest BCUT2D eigenvalue weighted by molar-refractivity contribution is 5.91. The second-order valence-electron chi connectivity index (χ2n) is 9.38. The summed E-state index contributed by atoms with van der Waals surface area (Å²) in [5, 5.41) is 2.98. The van der Waals surface area contributed by atoms with Gasteiger partial charge < -0.3 is 14.6 Å². The van der Waals surface area contributed by atoms with E-state index in [1.807, 2.05) is 54.6 Å².